The maximum atomic E-state index is 11.2. The van der Waals surface area contributed by atoms with Gasteiger partial charge >= 0.3 is 5.97 Å². The Balaban J connectivity index is 1.70. The van der Waals surface area contributed by atoms with Crippen molar-refractivity contribution >= 4 is 16.9 Å². The summed E-state index contributed by atoms with van der Waals surface area (Å²) in [5, 5.41) is 10.1. The summed E-state index contributed by atoms with van der Waals surface area (Å²) in [6, 6.07) is 17.1. The van der Waals surface area contributed by atoms with Gasteiger partial charge in [0.25, 0.3) is 0 Å². The van der Waals surface area contributed by atoms with E-state index < -0.39 is 5.97 Å². The molecule has 7 heteroatoms. The van der Waals surface area contributed by atoms with Gasteiger partial charge in [0, 0.05) is 29.1 Å². The number of carboxylic acids is 1. The molecule has 0 bridgehead atoms. The molecule has 1 heterocycles. The van der Waals surface area contributed by atoms with Crippen LogP contribution in [0.1, 0.15) is 16.7 Å². The van der Waals surface area contributed by atoms with Gasteiger partial charge in [-0.25, -0.2) is 0 Å². The highest BCUT2D eigenvalue weighted by Gasteiger charge is 2.16. The third-order valence-corrected chi connectivity index (χ3v) is 5.43. The van der Waals surface area contributed by atoms with Gasteiger partial charge in [-0.05, 0) is 41.0 Å². The Morgan fingerprint density at radius 3 is 2.55 bits per heavy atom. The van der Waals surface area contributed by atoms with Crippen molar-refractivity contribution in [2.75, 3.05) is 14.2 Å². The first-order chi connectivity index (χ1) is 16.0. The Bertz CT molecular complexity index is 1290. The summed E-state index contributed by atoms with van der Waals surface area (Å²) in [5.41, 5.74) is 10.8. The molecule has 33 heavy (non-hydrogen) atoms. The third kappa shape index (κ3) is 4.78. The van der Waals surface area contributed by atoms with Crippen LogP contribution in [-0.2, 0) is 24.4 Å². The molecule has 0 saturated heterocycles. The van der Waals surface area contributed by atoms with Gasteiger partial charge in [-0.15, -0.1) is 0 Å². The van der Waals surface area contributed by atoms with E-state index in [0.29, 0.717) is 34.9 Å². The fourth-order valence-corrected chi connectivity index (χ4v) is 3.72. The van der Waals surface area contributed by atoms with Crippen LogP contribution < -0.4 is 19.9 Å². The molecule has 7 nitrogen and oxygen atoms in total. The van der Waals surface area contributed by atoms with Gasteiger partial charge in [0.05, 0.1) is 26.9 Å². The van der Waals surface area contributed by atoms with E-state index in [2.05, 4.69) is 0 Å². The molecule has 1 aromatic heterocycles. The molecular weight excluding hydrogens is 422 g/mol. The standard InChI is InChI=1S/C26H25NO6/c1-30-21-7-6-18(11-25(28)29)23(12-21)32-14-20-15-33-26-22(20)9-19(10-24(26)31-2)17-5-3-4-16(8-17)13-27/h3-10,12,15H,11,13-14,27H2,1-2H3,(H,28,29). The van der Waals surface area contributed by atoms with E-state index >= 15 is 0 Å². The van der Waals surface area contributed by atoms with Gasteiger partial charge < -0.3 is 29.5 Å². The number of hydrogen-bond donors (Lipinski definition) is 2. The van der Waals surface area contributed by atoms with Crippen molar-refractivity contribution in [1.29, 1.82) is 0 Å². The van der Waals surface area contributed by atoms with E-state index in [1.807, 2.05) is 36.4 Å². The van der Waals surface area contributed by atoms with Crippen LogP contribution in [0, 0.1) is 0 Å². The average Bonchev–Trinajstić information content (AvgIpc) is 3.25. The summed E-state index contributed by atoms with van der Waals surface area (Å²) >= 11 is 0. The van der Waals surface area contributed by atoms with Crippen molar-refractivity contribution in [3.8, 4) is 28.4 Å². The minimum absolute atomic E-state index is 0.152. The van der Waals surface area contributed by atoms with Gasteiger partial charge in [0.15, 0.2) is 11.3 Å². The Kier molecular flexibility index (Phi) is 6.51. The van der Waals surface area contributed by atoms with Crippen LogP contribution in [0.2, 0.25) is 0 Å². The number of benzene rings is 3. The molecular formula is C26H25NO6. The molecule has 0 aliphatic heterocycles. The largest absolute Gasteiger partial charge is 0.497 e. The van der Waals surface area contributed by atoms with Crippen molar-refractivity contribution in [3.05, 3.63) is 77.6 Å². The predicted molar refractivity (Wildman–Crippen MR) is 125 cm³/mol. The molecule has 0 atom stereocenters. The summed E-state index contributed by atoms with van der Waals surface area (Å²) < 4.78 is 22.7. The monoisotopic (exact) mass is 447 g/mol. The molecule has 4 aromatic rings. The average molecular weight is 447 g/mol. The molecule has 0 saturated carbocycles. The third-order valence-electron chi connectivity index (χ3n) is 5.43. The topological polar surface area (TPSA) is 104 Å². The zero-order chi connectivity index (χ0) is 23.4. The zero-order valence-electron chi connectivity index (χ0n) is 18.5. The number of nitrogens with two attached hydrogens (primary N) is 1. The lowest BCUT2D eigenvalue weighted by molar-refractivity contribution is -0.136. The first kappa shape index (κ1) is 22.2. The van der Waals surface area contributed by atoms with Crippen molar-refractivity contribution < 1.29 is 28.5 Å². The maximum absolute atomic E-state index is 11.2. The van der Waals surface area contributed by atoms with E-state index in [9.17, 15) is 9.90 Å². The second-order valence-electron chi connectivity index (χ2n) is 7.55. The molecule has 0 aliphatic carbocycles. The Hall–Kier alpha value is -3.97. The minimum atomic E-state index is -0.937. The van der Waals surface area contributed by atoms with Crippen LogP contribution in [0.3, 0.4) is 0 Å². The summed E-state index contributed by atoms with van der Waals surface area (Å²) in [7, 11) is 3.15. The van der Waals surface area contributed by atoms with Gasteiger partial charge in [0.1, 0.15) is 18.1 Å². The van der Waals surface area contributed by atoms with Crippen molar-refractivity contribution in [2.24, 2.45) is 5.73 Å². The molecule has 0 fully saturated rings. The number of carboxylic acid groups (broad SMARTS) is 1. The van der Waals surface area contributed by atoms with E-state index in [4.69, 9.17) is 24.4 Å². The number of fused-ring (bicyclic) bond motifs is 1. The number of methoxy groups -OCH3 is 2. The van der Waals surface area contributed by atoms with Gasteiger partial charge in [-0.3, -0.25) is 4.79 Å². The highest BCUT2D eigenvalue weighted by atomic mass is 16.5. The van der Waals surface area contributed by atoms with Crippen LogP contribution in [0.25, 0.3) is 22.1 Å². The number of hydrogen-bond acceptors (Lipinski definition) is 6. The van der Waals surface area contributed by atoms with Crippen molar-refractivity contribution in [1.82, 2.24) is 0 Å². The highest BCUT2D eigenvalue weighted by molar-refractivity contribution is 5.91. The Morgan fingerprint density at radius 1 is 0.970 bits per heavy atom. The first-order valence-corrected chi connectivity index (χ1v) is 10.4. The second kappa shape index (κ2) is 9.67. The number of ether oxygens (including phenoxy) is 3. The summed E-state index contributed by atoms with van der Waals surface area (Å²) in [5.74, 6) is 0.706. The van der Waals surface area contributed by atoms with E-state index in [0.717, 1.165) is 27.6 Å². The normalized spacial score (nSPS) is 10.9. The summed E-state index contributed by atoms with van der Waals surface area (Å²) in [6.45, 7) is 0.638. The summed E-state index contributed by atoms with van der Waals surface area (Å²) in [6.07, 6.45) is 1.48. The molecule has 0 amide bonds. The van der Waals surface area contributed by atoms with E-state index in [1.165, 1.54) is 0 Å². The number of carbonyl (C=O) groups is 1. The predicted octanol–water partition coefficient (Wildman–Crippen LogP) is 4.78. The quantitative estimate of drug-likeness (QED) is 0.380. The molecule has 3 N–H and O–H groups in total. The molecule has 170 valence electrons. The molecule has 0 spiro atoms. The van der Waals surface area contributed by atoms with E-state index in [-0.39, 0.29) is 13.0 Å². The van der Waals surface area contributed by atoms with Gasteiger partial charge in [-0.1, -0.05) is 24.3 Å². The van der Waals surface area contributed by atoms with Crippen molar-refractivity contribution in [3.63, 3.8) is 0 Å². The zero-order valence-corrected chi connectivity index (χ0v) is 18.5. The van der Waals surface area contributed by atoms with Crippen LogP contribution >= 0.6 is 0 Å². The summed E-state index contributed by atoms with van der Waals surface area (Å²) in [4.78, 5) is 11.2. The minimum Gasteiger partial charge on any atom is -0.497 e. The maximum Gasteiger partial charge on any atom is 0.307 e. The fraction of sp³-hybridized carbons (Fsp3) is 0.192. The van der Waals surface area contributed by atoms with Gasteiger partial charge in [0.2, 0.25) is 0 Å². The molecule has 0 aliphatic rings. The first-order valence-electron chi connectivity index (χ1n) is 10.4. The van der Waals surface area contributed by atoms with Crippen LogP contribution in [0.4, 0.5) is 0 Å². The fourth-order valence-electron chi connectivity index (χ4n) is 3.72. The van der Waals surface area contributed by atoms with Crippen LogP contribution in [-0.4, -0.2) is 25.3 Å². The number of aliphatic carboxylic acids is 1. The lowest BCUT2D eigenvalue weighted by Gasteiger charge is -2.12. The van der Waals surface area contributed by atoms with Crippen LogP contribution in [0.5, 0.6) is 17.2 Å². The molecule has 3 aromatic carbocycles. The van der Waals surface area contributed by atoms with E-state index in [1.54, 1.807) is 38.7 Å². The molecule has 0 radical (unpaired) electrons. The smallest absolute Gasteiger partial charge is 0.307 e. The van der Waals surface area contributed by atoms with Gasteiger partial charge in [-0.2, -0.15) is 0 Å². The molecule has 0 unspecified atom stereocenters. The Labute approximate surface area is 191 Å². The Morgan fingerprint density at radius 2 is 1.82 bits per heavy atom. The highest BCUT2D eigenvalue weighted by Crippen LogP contribution is 2.36. The van der Waals surface area contributed by atoms with Crippen LogP contribution in [0.15, 0.2) is 65.3 Å². The molecule has 4 rings (SSSR count). The second-order valence-corrected chi connectivity index (χ2v) is 7.55. The number of furan rings is 1. The van der Waals surface area contributed by atoms with Crippen molar-refractivity contribution in [2.45, 2.75) is 19.6 Å². The SMILES string of the molecule is COc1ccc(CC(=O)O)c(OCc2coc3c(OC)cc(-c4cccc(CN)c4)cc23)c1. The number of rotatable bonds is 9. The lowest BCUT2D eigenvalue weighted by atomic mass is 10.00. The lowest BCUT2D eigenvalue weighted by Crippen LogP contribution is -2.04.